The summed E-state index contributed by atoms with van der Waals surface area (Å²) in [5.41, 5.74) is -2.44. The van der Waals surface area contributed by atoms with E-state index >= 15 is 0 Å². The van der Waals surface area contributed by atoms with E-state index in [9.17, 15) is 25.5 Å². The summed E-state index contributed by atoms with van der Waals surface area (Å²) in [5.74, 6) is 0. The zero-order valence-corrected chi connectivity index (χ0v) is 17.7. The van der Waals surface area contributed by atoms with E-state index in [-0.39, 0.29) is 6.61 Å². The van der Waals surface area contributed by atoms with Crippen molar-refractivity contribution in [2.24, 2.45) is 5.41 Å². The van der Waals surface area contributed by atoms with Gasteiger partial charge in [-0.15, -0.1) is 0 Å². The molecule has 0 amide bonds. The number of rotatable bonds is 6. The van der Waals surface area contributed by atoms with Crippen LogP contribution >= 0.6 is 0 Å². The second kappa shape index (κ2) is 9.11. The van der Waals surface area contributed by atoms with Crippen molar-refractivity contribution in [3.8, 4) is 0 Å². The average Bonchev–Trinajstić information content (AvgIpc) is 2.65. The van der Waals surface area contributed by atoms with Crippen molar-refractivity contribution in [1.29, 1.82) is 0 Å². The van der Waals surface area contributed by atoms with Gasteiger partial charge in [0.2, 0.25) is 0 Å². The first-order valence-corrected chi connectivity index (χ1v) is 10.1. The van der Waals surface area contributed by atoms with E-state index in [1.807, 2.05) is 20.8 Å². The first-order chi connectivity index (χ1) is 13.4. The van der Waals surface area contributed by atoms with Gasteiger partial charge in [-0.2, -0.15) is 0 Å². The molecule has 0 bridgehead atoms. The van der Waals surface area contributed by atoms with E-state index in [1.165, 1.54) is 0 Å². The molecule has 0 radical (unpaired) electrons. The van der Waals surface area contributed by atoms with Gasteiger partial charge in [-0.05, 0) is 44.6 Å². The van der Waals surface area contributed by atoms with Gasteiger partial charge in [0.15, 0.2) is 6.29 Å². The van der Waals surface area contributed by atoms with Crippen LogP contribution in [0.1, 0.15) is 47.0 Å². The number of aliphatic hydroxyl groups excluding tert-OH is 5. The van der Waals surface area contributed by atoms with Crippen LogP contribution in [0.15, 0.2) is 23.8 Å². The lowest BCUT2D eigenvalue weighted by atomic mass is 9.58. The zero-order chi connectivity index (χ0) is 22.0. The third kappa shape index (κ3) is 4.60. The Kier molecular flexibility index (Phi) is 7.68. The van der Waals surface area contributed by atoms with Gasteiger partial charge in [0, 0.05) is 0 Å². The van der Waals surface area contributed by atoms with Crippen LogP contribution in [0, 0.1) is 5.41 Å². The van der Waals surface area contributed by atoms with Gasteiger partial charge < -0.3 is 40.1 Å². The first-order valence-electron chi connectivity index (χ1n) is 10.1. The highest BCUT2D eigenvalue weighted by atomic mass is 16.7. The van der Waals surface area contributed by atoms with Crippen molar-refractivity contribution in [2.75, 3.05) is 13.2 Å². The summed E-state index contributed by atoms with van der Waals surface area (Å²) in [6.45, 7) is 6.72. The Balaban J connectivity index is 2.37. The summed E-state index contributed by atoms with van der Waals surface area (Å²) in [4.78, 5) is 0. The molecule has 0 spiro atoms. The Labute approximate surface area is 172 Å². The largest absolute Gasteiger partial charge is 0.394 e. The highest BCUT2D eigenvalue weighted by molar-refractivity contribution is 5.26. The lowest BCUT2D eigenvalue weighted by Crippen LogP contribution is -2.67. The van der Waals surface area contributed by atoms with Crippen LogP contribution in [0.4, 0.5) is 0 Å². The van der Waals surface area contributed by atoms with Gasteiger partial charge in [-0.3, -0.25) is 0 Å². The Morgan fingerprint density at radius 1 is 1.07 bits per heavy atom. The third-order valence-corrected chi connectivity index (χ3v) is 6.52. The van der Waals surface area contributed by atoms with E-state index < -0.39 is 53.9 Å². The Bertz CT molecular complexity index is 616. The molecule has 2 rings (SSSR count). The summed E-state index contributed by atoms with van der Waals surface area (Å²) in [6.07, 6.45) is -0.0299. The lowest BCUT2D eigenvalue weighted by Gasteiger charge is -2.57. The molecule has 1 aliphatic heterocycles. The number of ether oxygens (including phenoxy) is 2. The number of aliphatic hydroxyl groups is 6. The summed E-state index contributed by atoms with van der Waals surface area (Å²) < 4.78 is 11.6. The predicted octanol–water partition coefficient (Wildman–Crippen LogP) is -0.00240. The van der Waals surface area contributed by atoms with Crippen LogP contribution < -0.4 is 0 Å². The molecule has 29 heavy (non-hydrogen) atoms. The van der Waals surface area contributed by atoms with Crippen LogP contribution in [-0.4, -0.2) is 85.8 Å². The Morgan fingerprint density at radius 3 is 2.31 bits per heavy atom. The molecular weight excluding hydrogens is 380 g/mol. The predicted molar refractivity (Wildman–Crippen MR) is 106 cm³/mol. The SMILES string of the molecule is CC(C=CC1(O)C(C)(C)CCCC1(C)OC1OC(CO)C(O)C(O)C1O)=CCO. The van der Waals surface area contributed by atoms with Crippen LogP contribution in [0.5, 0.6) is 0 Å². The maximum atomic E-state index is 11.8. The summed E-state index contributed by atoms with van der Waals surface area (Å²) >= 11 is 0. The van der Waals surface area contributed by atoms with Crippen LogP contribution in [0.2, 0.25) is 0 Å². The first kappa shape index (κ1) is 24.4. The van der Waals surface area contributed by atoms with Gasteiger partial charge >= 0.3 is 0 Å². The molecule has 2 aliphatic rings. The minimum Gasteiger partial charge on any atom is -0.394 e. The van der Waals surface area contributed by atoms with Crippen molar-refractivity contribution in [1.82, 2.24) is 0 Å². The monoisotopic (exact) mass is 416 g/mol. The maximum Gasteiger partial charge on any atom is 0.187 e. The smallest absolute Gasteiger partial charge is 0.187 e. The maximum absolute atomic E-state index is 11.8. The van der Waals surface area contributed by atoms with Crippen molar-refractivity contribution in [2.45, 2.75) is 88.9 Å². The molecule has 0 aromatic rings. The standard InChI is InChI=1S/C21H36O8/c1-13(7-11-22)6-10-21(27)19(2,3)8-5-9-20(21,4)29-18-17(26)16(25)15(24)14(12-23)28-18/h6-7,10,14-18,22-27H,5,8-9,11-12H2,1-4H3. The summed E-state index contributed by atoms with van der Waals surface area (Å²) in [7, 11) is 0. The van der Waals surface area contributed by atoms with Crippen molar-refractivity contribution >= 4 is 0 Å². The van der Waals surface area contributed by atoms with Crippen molar-refractivity contribution < 1.29 is 40.1 Å². The average molecular weight is 417 g/mol. The highest BCUT2D eigenvalue weighted by Crippen LogP contribution is 2.52. The fourth-order valence-electron chi connectivity index (χ4n) is 4.40. The van der Waals surface area contributed by atoms with Crippen LogP contribution in [0.3, 0.4) is 0 Å². The van der Waals surface area contributed by atoms with E-state index in [0.29, 0.717) is 6.42 Å². The second-order valence-corrected chi connectivity index (χ2v) is 9.01. The molecule has 0 aromatic carbocycles. The molecular formula is C21H36O8. The molecule has 1 saturated heterocycles. The lowest BCUT2D eigenvalue weighted by molar-refractivity contribution is -0.352. The molecule has 8 nitrogen and oxygen atoms in total. The normalized spacial score (nSPS) is 43.7. The van der Waals surface area contributed by atoms with Crippen LogP contribution in [-0.2, 0) is 9.47 Å². The van der Waals surface area contributed by atoms with E-state index in [1.54, 1.807) is 25.2 Å². The zero-order valence-electron chi connectivity index (χ0n) is 17.7. The molecule has 1 saturated carbocycles. The summed E-state index contributed by atoms with van der Waals surface area (Å²) in [5, 5.41) is 60.7. The van der Waals surface area contributed by atoms with Gasteiger partial charge in [-0.25, -0.2) is 0 Å². The number of allylic oxidation sites excluding steroid dienone is 2. The van der Waals surface area contributed by atoms with Gasteiger partial charge in [0.1, 0.15) is 35.6 Å². The third-order valence-electron chi connectivity index (χ3n) is 6.52. The number of hydrogen-bond acceptors (Lipinski definition) is 8. The van der Waals surface area contributed by atoms with Gasteiger partial charge in [-0.1, -0.05) is 31.6 Å². The van der Waals surface area contributed by atoms with Crippen LogP contribution in [0.25, 0.3) is 0 Å². The molecule has 2 fully saturated rings. The van der Waals surface area contributed by atoms with Crippen molar-refractivity contribution in [3.05, 3.63) is 23.8 Å². The molecule has 7 unspecified atom stereocenters. The molecule has 1 aliphatic carbocycles. The molecule has 7 atom stereocenters. The quantitative estimate of drug-likeness (QED) is 0.333. The fourth-order valence-corrected chi connectivity index (χ4v) is 4.40. The molecule has 168 valence electrons. The topological polar surface area (TPSA) is 140 Å². The number of hydrogen-bond donors (Lipinski definition) is 6. The second-order valence-electron chi connectivity index (χ2n) is 9.01. The molecule has 6 N–H and O–H groups in total. The fraction of sp³-hybridized carbons (Fsp3) is 0.810. The van der Waals surface area contributed by atoms with E-state index in [0.717, 1.165) is 18.4 Å². The molecule has 0 aromatic heterocycles. The Morgan fingerprint density at radius 2 is 1.72 bits per heavy atom. The van der Waals surface area contributed by atoms with E-state index in [4.69, 9.17) is 14.6 Å². The van der Waals surface area contributed by atoms with E-state index in [2.05, 4.69) is 0 Å². The molecule has 1 heterocycles. The highest BCUT2D eigenvalue weighted by Gasteiger charge is 2.60. The molecule has 8 heteroatoms. The van der Waals surface area contributed by atoms with Crippen molar-refractivity contribution in [3.63, 3.8) is 0 Å². The van der Waals surface area contributed by atoms with Gasteiger partial charge in [0.25, 0.3) is 0 Å². The minimum atomic E-state index is -1.55. The minimum absolute atomic E-state index is 0.114. The van der Waals surface area contributed by atoms with Gasteiger partial charge in [0.05, 0.1) is 13.2 Å². The Hall–Kier alpha value is -0.840. The summed E-state index contributed by atoms with van der Waals surface area (Å²) in [6, 6.07) is 0.